The lowest BCUT2D eigenvalue weighted by Crippen LogP contribution is -2.53. The zero-order chi connectivity index (χ0) is 101. The third-order valence-corrected chi connectivity index (χ3v) is 28.8. The molecule has 0 spiro atoms. The summed E-state index contributed by atoms with van der Waals surface area (Å²) in [5.41, 5.74) is 29.6. The van der Waals surface area contributed by atoms with Crippen LogP contribution in [0.4, 0.5) is 26.7 Å². The van der Waals surface area contributed by atoms with E-state index in [0.29, 0.717) is 104 Å². The van der Waals surface area contributed by atoms with E-state index < -0.39 is 30.0 Å². The number of aliphatic hydroxyl groups excluding tert-OH is 1. The Bertz CT molecular complexity index is 2950. The normalized spacial score (nSPS) is 27.1. The number of nitrogens with zero attached hydrogens (tertiary/aromatic N) is 12. The van der Waals surface area contributed by atoms with Gasteiger partial charge in [-0.05, 0) is 400 Å². The Hall–Kier alpha value is -2.70. The van der Waals surface area contributed by atoms with Crippen LogP contribution in [0, 0.1) is 17.8 Å². The molecule has 24 nitrogen and oxygen atoms in total. The topological polar surface area (TPSA) is 264 Å². The van der Waals surface area contributed by atoms with Crippen molar-refractivity contribution in [2.24, 2.45) is 46.4 Å². The number of amides is 1. The highest BCUT2D eigenvalue weighted by Gasteiger charge is 2.45. The van der Waals surface area contributed by atoms with Crippen molar-refractivity contribution in [3.63, 3.8) is 0 Å². The molecule has 0 radical (unpaired) electrons. The molecule has 1 aromatic rings. The lowest BCUT2D eigenvalue weighted by atomic mass is 9.93. The molecule has 0 aromatic heterocycles. The lowest BCUT2D eigenvalue weighted by Gasteiger charge is -2.40. The molecule has 29 heteroatoms. The van der Waals surface area contributed by atoms with Crippen LogP contribution in [0.15, 0.2) is 30.3 Å². The van der Waals surface area contributed by atoms with E-state index in [1.54, 1.807) is 7.05 Å². The molecular formula is C105H216F5N21O3. The summed E-state index contributed by atoms with van der Waals surface area (Å²) >= 11 is 0. The number of carbonyl (C=O) groups is 1. The number of hydrogen-bond acceptors (Lipinski definition) is 23. The van der Waals surface area contributed by atoms with Crippen LogP contribution in [0.2, 0.25) is 0 Å². The molecule has 11 saturated heterocycles. The molecule has 794 valence electrons. The van der Waals surface area contributed by atoms with Crippen molar-refractivity contribution in [3.8, 4) is 0 Å². The quantitative estimate of drug-likeness (QED) is 0.0544. The van der Waals surface area contributed by atoms with Gasteiger partial charge in [-0.3, -0.25) is 44.1 Å². The minimum absolute atomic E-state index is 0.0484. The number of likely N-dealkylation sites (N-methyl/N-ethyl adjacent to an activating group) is 3. The first-order valence-corrected chi connectivity index (χ1v) is 53.4. The van der Waals surface area contributed by atoms with Gasteiger partial charge in [-0.25, -0.2) is 13.6 Å². The Morgan fingerprint density at radius 1 is 0.410 bits per heavy atom. The molecule has 1 amide bonds. The number of rotatable bonds is 20. The van der Waals surface area contributed by atoms with Crippen molar-refractivity contribution in [1.29, 1.82) is 0 Å². The molecule has 12 atom stereocenters. The number of benzene rings is 1. The highest BCUT2D eigenvalue weighted by atomic mass is 19.4. The fraction of sp³-hybridized carbons (Fsp3) is 0.933. The van der Waals surface area contributed by atoms with Crippen LogP contribution in [-0.2, 0) is 11.3 Å². The molecule has 134 heavy (non-hydrogen) atoms. The molecule has 1 aromatic carbocycles. The summed E-state index contributed by atoms with van der Waals surface area (Å²) in [6.07, 6.45) is 13.7. The van der Waals surface area contributed by atoms with Crippen molar-refractivity contribution < 1.29 is 36.6 Å². The molecule has 12 rings (SSSR count). The first-order chi connectivity index (χ1) is 62.8. The monoisotopic (exact) mass is 1910 g/mol. The average molecular weight is 1920 g/mol. The van der Waals surface area contributed by atoms with Crippen LogP contribution in [0.5, 0.6) is 0 Å². The van der Waals surface area contributed by atoms with Crippen molar-refractivity contribution in [1.82, 2.24) is 80.1 Å². The Morgan fingerprint density at radius 2 is 0.776 bits per heavy atom. The molecule has 0 aliphatic carbocycles. The molecule has 15 N–H and O–H groups in total. The van der Waals surface area contributed by atoms with E-state index in [1.807, 2.05) is 58.3 Å². The number of ether oxygens (including phenoxy) is 1. The summed E-state index contributed by atoms with van der Waals surface area (Å²) in [6.45, 7) is 78.9. The maximum absolute atomic E-state index is 12.6. The number of alkyl halides is 5. The molecule has 11 heterocycles. The number of nitrogens with two attached hydrogens (primary N) is 5. The molecule has 11 aliphatic heterocycles. The Balaban J connectivity index is 0.000000502. The van der Waals surface area contributed by atoms with Gasteiger partial charge in [0.2, 0.25) is 6.43 Å². The van der Waals surface area contributed by atoms with Gasteiger partial charge in [0.15, 0.2) is 0 Å². The van der Waals surface area contributed by atoms with Crippen molar-refractivity contribution >= 4 is 6.09 Å². The predicted molar refractivity (Wildman–Crippen MR) is 560 cm³/mol. The first kappa shape index (κ1) is 127. The summed E-state index contributed by atoms with van der Waals surface area (Å²) in [4.78, 5) is 40.2. The van der Waals surface area contributed by atoms with Gasteiger partial charge in [0.05, 0.1) is 12.0 Å². The van der Waals surface area contributed by atoms with Gasteiger partial charge in [-0.1, -0.05) is 30.3 Å². The summed E-state index contributed by atoms with van der Waals surface area (Å²) in [5.74, 6) is -0.959. The van der Waals surface area contributed by atoms with Crippen LogP contribution in [0.25, 0.3) is 0 Å². The minimum atomic E-state index is -4.07. The van der Waals surface area contributed by atoms with Gasteiger partial charge >= 0.3 is 12.3 Å². The fourth-order valence-electron chi connectivity index (χ4n) is 19.2. The van der Waals surface area contributed by atoms with E-state index in [0.717, 1.165) is 103 Å². The Morgan fingerprint density at radius 3 is 1.17 bits per heavy atom. The number of nitrogens with one attached hydrogen (secondary N) is 4. The van der Waals surface area contributed by atoms with Gasteiger partial charge < -0.3 is 74.5 Å². The molecule has 12 unspecified atom stereocenters. The smallest absolute Gasteiger partial charge is 0.407 e. The third kappa shape index (κ3) is 55.8. The van der Waals surface area contributed by atoms with Crippen molar-refractivity contribution in [2.75, 3.05) is 179 Å². The standard InChI is InChI=1S/C15H24N2.C13H26N2O2.C10H19F3N2.C10H22N2.C9H18F2N2.C9H20N2.3C8H18N2.C8H17NO.C7H16N2/c1-13(2)17-10-6-9-15(12-17)16-11-14-7-4-3-5-8-14;1-10(2)15-8-6-7-11(9-15)14-12(16)17-13(3,4)5;1-7(2)15-5-8(10(11,12)13)4-9(6-15)14-3;1-9(2)12-7-5-6-10(8-12)11(3)4;1-6(2)13-4-7(9(10)11)3-8(12)5-13;1-8(2)11-6-4-5-9(7-11)10-3;1-7(2)10-5-3-8(9)4-6-10;1-7(2)10-4-3-8(5-9)6-10;1-7(2)10-5-3-4-8(9)6-10;1-7(2)9-5-3-4-8(10)6-9;1-6(2)9-4-3-7(8)5-9/h3-5,7-8,13,15-16H,6,9-12H2,1-2H3;10-11H,6-9H2,1-5H3,(H,14,16);7-9,14H,4-6H2,1-3H3;9-10H,5-8H2,1-4H3;6-9H,3-5,12H2,1-2H3;8-10H,4-7H2,1-3H3;3*7-8H,3-6,9H2,1-2H3;7-8,10H,3-6H2,1-2H3;6-7H,3-5,8H2,1-2H3. The van der Waals surface area contributed by atoms with E-state index in [-0.39, 0.29) is 49.3 Å². The summed E-state index contributed by atoms with van der Waals surface area (Å²) in [6, 6.07) is 20.7. The van der Waals surface area contributed by atoms with E-state index in [4.69, 9.17) is 33.4 Å². The Labute approximate surface area is 819 Å². The van der Waals surface area contributed by atoms with Gasteiger partial charge in [-0.2, -0.15) is 13.2 Å². The highest BCUT2D eigenvalue weighted by molar-refractivity contribution is 5.68. The van der Waals surface area contributed by atoms with Crippen molar-refractivity contribution in [2.45, 2.75) is 440 Å². The largest absolute Gasteiger partial charge is 0.444 e. The number of β-amino-alcohol motifs (C(OH)–C–C–N with tert-alkyl or cyclic N) is 1. The minimum Gasteiger partial charge on any atom is -0.444 e. The van der Waals surface area contributed by atoms with Crippen LogP contribution in [0.3, 0.4) is 0 Å². The number of piperidine rings is 9. The molecule has 0 saturated carbocycles. The maximum atomic E-state index is 12.6. The van der Waals surface area contributed by atoms with Gasteiger partial charge in [0.1, 0.15) is 5.60 Å². The van der Waals surface area contributed by atoms with Gasteiger partial charge in [0, 0.05) is 212 Å². The average Bonchev–Trinajstić information content (AvgIpc) is 0.993. The first-order valence-electron chi connectivity index (χ1n) is 53.4. The van der Waals surface area contributed by atoms with E-state index >= 15 is 0 Å². The molecule has 0 bridgehead atoms. The summed E-state index contributed by atoms with van der Waals surface area (Å²) < 4.78 is 68.1. The summed E-state index contributed by atoms with van der Waals surface area (Å²) in [7, 11) is 8.17. The molecule has 11 fully saturated rings. The number of carbonyl (C=O) groups excluding carboxylic acids is 1. The zero-order valence-corrected chi connectivity index (χ0v) is 91.4. The second kappa shape index (κ2) is 68.5. The van der Waals surface area contributed by atoms with Crippen LogP contribution in [0.1, 0.15) is 294 Å². The second-order valence-corrected chi connectivity index (χ2v) is 45.0. The number of likely N-dealkylation sites (tertiary alicyclic amines) is 11. The van der Waals surface area contributed by atoms with Crippen LogP contribution >= 0.6 is 0 Å². The van der Waals surface area contributed by atoms with E-state index in [2.05, 4.69) is 246 Å². The van der Waals surface area contributed by atoms with E-state index in [1.165, 1.54) is 161 Å². The number of aliphatic hydroxyl groups is 1. The highest BCUT2D eigenvalue weighted by Crippen LogP contribution is 2.34. The maximum Gasteiger partial charge on any atom is 0.407 e. The Kier molecular flexibility index (Phi) is 65.1. The predicted octanol–water partition coefficient (Wildman–Crippen LogP) is 14.3. The lowest BCUT2D eigenvalue weighted by molar-refractivity contribution is -0.190. The van der Waals surface area contributed by atoms with Gasteiger partial charge in [0.25, 0.3) is 0 Å². The van der Waals surface area contributed by atoms with Crippen LogP contribution < -0.4 is 49.9 Å². The molecule has 11 aliphatic rings. The number of halogens is 5. The van der Waals surface area contributed by atoms with Crippen LogP contribution in [-0.4, -0.2) is 394 Å². The fourth-order valence-corrected chi connectivity index (χ4v) is 19.2. The number of hydrogen-bond donors (Lipinski definition) is 10. The number of alkyl carbamates (subject to hydrolysis) is 1. The molecular weight excluding hydrogens is 1700 g/mol. The van der Waals surface area contributed by atoms with E-state index in [9.17, 15) is 31.9 Å². The van der Waals surface area contributed by atoms with Crippen molar-refractivity contribution in [3.05, 3.63) is 35.9 Å². The second-order valence-electron chi connectivity index (χ2n) is 45.0. The zero-order valence-electron chi connectivity index (χ0n) is 91.4. The SMILES string of the molecule is CC(C)N1CC(N)CC(C(F)F)C1.CC(C)N1CCC(CN)C1.CC(C)N1CCC(N)C1.CC(C)N1CCC(N)CC1.CC(C)N1CCCC(N(C)C)C1.CC(C)N1CCCC(N)C1.CC(C)N1CCCC(NC(=O)OC(C)(C)C)C1.CC(C)N1CCCC(NCc2ccccc2)C1.CC(C)N1CCCC(O)C1.CNC1CC(C(F)(F)F)CN(C(C)C)C1.CNC1CCCN(C(C)C)C1. The third-order valence-electron chi connectivity index (χ3n) is 28.8. The summed E-state index contributed by atoms with van der Waals surface area (Å²) in [5, 5.41) is 22.2. The van der Waals surface area contributed by atoms with Gasteiger partial charge in [-0.15, -0.1) is 0 Å².